The number of hydrogen-bond donors (Lipinski definition) is 0. The first kappa shape index (κ1) is 28.0. The van der Waals surface area contributed by atoms with Gasteiger partial charge in [-0.3, -0.25) is 0 Å². The lowest BCUT2D eigenvalue weighted by molar-refractivity contribution is 0.0595. The molecule has 2 heterocycles. The van der Waals surface area contributed by atoms with E-state index < -0.39 is 93.8 Å². The molecule has 198 valence electrons. The van der Waals surface area contributed by atoms with E-state index in [1.165, 1.54) is 0 Å². The number of alkyl halides is 4. The highest BCUT2D eigenvalue weighted by Crippen LogP contribution is 2.40. The Morgan fingerprint density at radius 3 is 1.57 bits per heavy atom. The average molecular weight is 566 g/mol. The van der Waals surface area contributed by atoms with Crippen LogP contribution in [0.5, 0.6) is 0 Å². The zero-order valence-corrected chi connectivity index (χ0v) is 20.5. The van der Waals surface area contributed by atoms with Gasteiger partial charge >= 0.3 is 5.97 Å². The molecule has 2 aromatic heterocycles. The van der Waals surface area contributed by atoms with Crippen molar-refractivity contribution in [2.45, 2.75) is 23.2 Å². The highest BCUT2D eigenvalue weighted by atomic mass is 32.2. The summed E-state index contributed by atoms with van der Waals surface area (Å²) in [5.74, 6) is -2.67. The maximum absolute atomic E-state index is 14.9. The predicted molar refractivity (Wildman–Crippen MR) is 116 cm³/mol. The van der Waals surface area contributed by atoms with Crippen molar-refractivity contribution in [3.8, 4) is 22.5 Å². The summed E-state index contributed by atoms with van der Waals surface area (Å²) < 4.78 is 123. The molecule has 0 radical (unpaired) electrons. The van der Waals surface area contributed by atoms with Crippen LogP contribution in [-0.2, 0) is 24.4 Å². The second-order valence-corrected chi connectivity index (χ2v) is 11.2. The summed E-state index contributed by atoms with van der Waals surface area (Å²) in [6, 6.07) is 1.08. The molecule has 0 spiro atoms. The van der Waals surface area contributed by atoms with E-state index in [-0.39, 0.29) is 0 Å². The third-order valence-electron chi connectivity index (χ3n) is 4.75. The van der Waals surface area contributed by atoms with Gasteiger partial charge in [0.15, 0.2) is 0 Å². The standard InChI is InChI=1S/C20H15F5N4O6S2/c1-35-18(30)10-4-8(14-11(16(22)23)6-26-19(28-14)36(2,31)32)9(5-13(10)21)15-12(17(24)25)7-27-20(29-15)37(3,33)34/h4-7,16-17H,1-3H3. The first-order valence-electron chi connectivity index (χ1n) is 9.69. The van der Waals surface area contributed by atoms with Crippen LogP contribution < -0.4 is 0 Å². The Morgan fingerprint density at radius 1 is 0.811 bits per heavy atom. The van der Waals surface area contributed by atoms with Gasteiger partial charge in [-0.15, -0.1) is 0 Å². The van der Waals surface area contributed by atoms with Crippen LogP contribution in [0.15, 0.2) is 34.8 Å². The first-order valence-corrected chi connectivity index (χ1v) is 13.5. The Kier molecular flexibility index (Phi) is 7.59. The van der Waals surface area contributed by atoms with Gasteiger partial charge in [-0.1, -0.05) is 0 Å². The number of benzene rings is 1. The van der Waals surface area contributed by atoms with Crippen LogP contribution >= 0.6 is 0 Å². The number of ether oxygens (including phenoxy) is 1. The third kappa shape index (κ3) is 5.71. The van der Waals surface area contributed by atoms with Gasteiger partial charge in [0.25, 0.3) is 12.9 Å². The SMILES string of the molecule is COC(=O)c1cc(-c2nc(S(C)(=O)=O)ncc2C(F)F)c(-c2nc(S(C)(=O)=O)ncc2C(F)F)cc1F. The lowest BCUT2D eigenvalue weighted by atomic mass is 9.94. The highest BCUT2D eigenvalue weighted by molar-refractivity contribution is 7.90. The normalized spacial score (nSPS) is 12.3. The lowest BCUT2D eigenvalue weighted by Gasteiger charge is -2.17. The number of halogens is 5. The van der Waals surface area contributed by atoms with E-state index in [0.29, 0.717) is 37.0 Å². The summed E-state index contributed by atoms with van der Waals surface area (Å²) in [7, 11) is -7.52. The molecule has 0 bridgehead atoms. The molecule has 0 aliphatic carbocycles. The molecule has 0 amide bonds. The van der Waals surface area contributed by atoms with Crippen LogP contribution in [0.2, 0.25) is 0 Å². The molecular formula is C20H15F5N4O6S2. The van der Waals surface area contributed by atoms with Crippen LogP contribution in [0.3, 0.4) is 0 Å². The number of rotatable bonds is 7. The van der Waals surface area contributed by atoms with Crippen molar-refractivity contribution >= 4 is 25.6 Å². The molecule has 0 atom stereocenters. The summed E-state index contributed by atoms with van der Waals surface area (Å²) in [6.07, 6.45) is -4.47. The molecule has 0 saturated carbocycles. The van der Waals surface area contributed by atoms with Gasteiger partial charge in [0.1, 0.15) is 5.82 Å². The van der Waals surface area contributed by atoms with Gasteiger partial charge < -0.3 is 4.74 Å². The molecule has 37 heavy (non-hydrogen) atoms. The number of hydrogen-bond acceptors (Lipinski definition) is 10. The zero-order chi connectivity index (χ0) is 27.9. The lowest BCUT2D eigenvalue weighted by Crippen LogP contribution is -2.11. The molecule has 0 aliphatic rings. The van der Waals surface area contributed by atoms with Crippen LogP contribution in [0.4, 0.5) is 22.0 Å². The molecular weight excluding hydrogens is 551 g/mol. The molecule has 1 aromatic carbocycles. The third-order valence-corrected chi connectivity index (χ3v) is 6.47. The largest absolute Gasteiger partial charge is 0.465 e. The number of esters is 1. The van der Waals surface area contributed by atoms with Gasteiger partial charge in [-0.25, -0.2) is 63.5 Å². The molecule has 0 fully saturated rings. The van der Waals surface area contributed by atoms with Crippen LogP contribution in [0, 0.1) is 5.82 Å². The number of methoxy groups -OCH3 is 1. The van der Waals surface area contributed by atoms with Gasteiger partial charge in [0.2, 0.25) is 30.0 Å². The van der Waals surface area contributed by atoms with Crippen molar-refractivity contribution in [1.29, 1.82) is 0 Å². The second-order valence-electron chi connectivity index (χ2n) is 7.43. The molecule has 3 aromatic rings. The number of carbonyl (C=O) groups excluding carboxylic acids is 1. The van der Waals surface area contributed by atoms with Gasteiger partial charge in [0, 0.05) is 36.0 Å². The van der Waals surface area contributed by atoms with E-state index in [2.05, 4.69) is 24.7 Å². The van der Waals surface area contributed by atoms with Crippen molar-refractivity contribution < 1.29 is 48.3 Å². The summed E-state index contributed by atoms with van der Waals surface area (Å²) in [5.41, 5.74) is -6.02. The Labute approximate surface area is 206 Å². The maximum atomic E-state index is 14.9. The Balaban J connectivity index is 2.57. The minimum absolute atomic E-state index is 0.454. The fourth-order valence-corrected chi connectivity index (χ4v) is 4.09. The van der Waals surface area contributed by atoms with Crippen LogP contribution in [0.1, 0.15) is 34.3 Å². The van der Waals surface area contributed by atoms with Crippen molar-refractivity contribution in [1.82, 2.24) is 19.9 Å². The Hall–Kier alpha value is -3.60. The van der Waals surface area contributed by atoms with E-state index in [1.54, 1.807) is 0 Å². The monoisotopic (exact) mass is 566 g/mol. The minimum atomic E-state index is -4.20. The van der Waals surface area contributed by atoms with Crippen molar-refractivity contribution in [2.75, 3.05) is 19.6 Å². The van der Waals surface area contributed by atoms with Crippen molar-refractivity contribution in [2.24, 2.45) is 0 Å². The fraction of sp³-hybridized carbons (Fsp3) is 0.250. The quantitative estimate of drug-likeness (QED) is 0.237. The number of carbonyl (C=O) groups is 1. The smallest absolute Gasteiger partial charge is 0.340 e. The summed E-state index contributed by atoms with van der Waals surface area (Å²) in [4.78, 5) is 26.1. The summed E-state index contributed by atoms with van der Waals surface area (Å²) in [5, 5.41) is -1.90. The molecule has 10 nitrogen and oxygen atoms in total. The molecule has 0 saturated heterocycles. The fourth-order valence-electron chi connectivity index (χ4n) is 3.09. The van der Waals surface area contributed by atoms with Crippen LogP contribution in [0.25, 0.3) is 22.5 Å². The molecule has 0 N–H and O–H groups in total. The predicted octanol–water partition coefficient (Wildman–Crippen LogP) is 3.21. The topological polar surface area (TPSA) is 146 Å². The Morgan fingerprint density at radius 2 is 1.22 bits per heavy atom. The van der Waals surface area contributed by atoms with E-state index in [9.17, 15) is 43.6 Å². The minimum Gasteiger partial charge on any atom is -0.465 e. The molecule has 17 heteroatoms. The van der Waals surface area contributed by atoms with Crippen molar-refractivity contribution in [3.05, 3.63) is 47.0 Å². The number of aromatic nitrogens is 4. The Bertz CT molecular complexity index is 1620. The average Bonchev–Trinajstić information content (AvgIpc) is 2.81. The maximum Gasteiger partial charge on any atom is 0.340 e. The van der Waals surface area contributed by atoms with Crippen molar-refractivity contribution in [3.63, 3.8) is 0 Å². The van der Waals surface area contributed by atoms with Crippen LogP contribution in [-0.4, -0.2) is 62.4 Å². The summed E-state index contributed by atoms with van der Waals surface area (Å²) in [6.45, 7) is 0. The van der Waals surface area contributed by atoms with Gasteiger partial charge in [0.05, 0.1) is 35.2 Å². The van der Waals surface area contributed by atoms with Gasteiger partial charge in [-0.05, 0) is 12.1 Å². The van der Waals surface area contributed by atoms with E-state index in [1.807, 2.05) is 0 Å². The van der Waals surface area contributed by atoms with E-state index in [0.717, 1.165) is 7.11 Å². The van der Waals surface area contributed by atoms with E-state index >= 15 is 0 Å². The molecule has 0 unspecified atom stereocenters. The molecule has 3 rings (SSSR count). The number of nitrogens with zero attached hydrogens (tertiary/aromatic N) is 4. The zero-order valence-electron chi connectivity index (χ0n) is 18.9. The number of sulfone groups is 2. The second kappa shape index (κ2) is 10.0. The molecule has 0 aliphatic heterocycles. The van der Waals surface area contributed by atoms with Gasteiger partial charge in [-0.2, -0.15) is 0 Å². The summed E-state index contributed by atoms with van der Waals surface area (Å²) >= 11 is 0. The first-order chi connectivity index (χ1) is 17.1. The highest BCUT2D eigenvalue weighted by Gasteiger charge is 2.29. The van der Waals surface area contributed by atoms with E-state index in [4.69, 9.17) is 0 Å².